The maximum absolute atomic E-state index is 11.1. The lowest BCUT2D eigenvalue weighted by atomic mass is 10.1. The predicted octanol–water partition coefficient (Wildman–Crippen LogP) is -0.725. The third-order valence-corrected chi connectivity index (χ3v) is 2.71. The van der Waals surface area contributed by atoms with Crippen LogP contribution in [0.5, 0.6) is 0 Å². The van der Waals surface area contributed by atoms with Crippen LogP contribution in [0, 0.1) is 0 Å². The molecule has 0 saturated carbocycles. The van der Waals surface area contributed by atoms with Gasteiger partial charge in [-0.3, -0.25) is 4.79 Å². The maximum atomic E-state index is 11.1. The standard InChI is InChI=1S/C8H18N2O3S/c1-3-7(9)6-8(11)10-4-5-14(2,12)13/h7H,3-6,9H2,1-2H3,(H,10,11). The highest BCUT2D eigenvalue weighted by atomic mass is 32.2. The molecular formula is C8H18N2O3S. The summed E-state index contributed by atoms with van der Waals surface area (Å²) < 4.78 is 21.4. The molecule has 0 aromatic carbocycles. The van der Waals surface area contributed by atoms with E-state index in [0.29, 0.717) is 0 Å². The number of nitrogens with two attached hydrogens (primary N) is 1. The summed E-state index contributed by atoms with van der Waals surface area (Å²) in [5.41, 5.74) is 5.55. The molecule has 1 amide bonds. The smallest absolute Gasteiger partial charge is 0.221 e. The molecule has 0 aliphatic carbocycles. The Morgan fingerprint density at radius 2 is 2.07 bits per heavy atom. The molecule has 5 nitrogen and oxygen atoms in total. The van der Waals surface area contributed by atoms with Crippen LogP contribution >= 0.6 is 0 Å². The highest BCUT2D eigenvalue weighted by Gasteiger charge is 2.08. The van der Waals surface area contributed by atoms with Gasteiger partial charge in [0.2, 0.25) is 5.91 Å². The Hall–Kier alpha value is -0.620. The van der Waals surface area contributed by atoms with Crippen LogP contribution in [-0.4, -0.2) is 38.9 Å². The first-order chi connectivity index (χ1) is 6.35. The molecule has 0 aliphatic heterocycles. The van der Waals surface area contributed by atoms with Gasteiger partial charge >= 0.3 is 0 Å². The molecule has 0 fully saturated rings. The van der Waals surface area contributed by atoms with Crippen LogP contribution in [0.3, 0.4) is 0 Å². The molecule has 1 unspecified atom stereocenters. The Morgan fingerprint density at radius 3 is 2.50 bits per heavy atom. The van der Waals surface area contributed by atoms with Gasteiger partial charge in [-0.25, -0.2) is 8.42 Å². The van der Waals surface area contributed by atoms with Gasteiger partial charge in [-0.2, -0.15) is 0 Å². The van der Waals surface area contributed by atoms with Gasteiger partial charge in [0.25, 0.3) is 0 Å². The summed E-state index contributed by atoms with van der Waals surface area (Å²) in [6.07, 6.45) is 2.12. The van der Waals surface area contributed by atoms with Gasteiger partial charge in [-0.05, 0) is 6.42 Å². The SMILES string of the molecule is CCC(N)CC(=O)NCCS(C)(=O)=O. The molecule has 0 spiro atoms. The summed E-state index contributed by atoms with van der Waals surface area (Å²) in [5, 5.41) is 2.51. The highest BCUT2D eigenvalue weighted by Crippen LogP contribution is 1.92. The zero-order valence-corrected chi connectivity index (χ0v) is 9.43. The van der Waals surface area contributed by atoms with Crippen molar-refractivity contribution in [2.45, 2.75) is 25.8 Å². The molecule has 84 valence electrons. The number of amides is 1. The lowest BCUT2D eigenvalue weighted by Gasteiger charge is -2.08. The minimum Gasteiger partial charge on any atom is -0.355 e. The Bertz CT molecular complexity index is 274. The summed E-state index contributed by atoms with van der Waals surface area (Å²) in [6, 6.07) is -0.145. The number of hydrogen-bond donors (Lipinski definition) is 2. The normalized spacial score (nSPS) is 13.6. The first-order valence-corrected chi connectivity index (χ1v) is 6.61. The van der Waals surface area contributed by atoms with E-state index in [1.165, 1.54) is 0 Å². The predicted molar refractivity (Wildman–Crippen MR) is 55.6 cm³/mol. The summed E-state index contributed by atoms with van der Waals surface area (Å²) >= 11 is 0. The molecule has 0 aromatic heterocycles. The van der Waals surface area contributed by atoms with E-state index in [0.717, 1.165) is 12.7 Å². The molecule has 14 heavy (non-hydrogen) atoms. The molecule has 3 N–H and O–H groups in total. The highest BCUT2D eigenvalue weighted by molar-refractivity contribution is 7.90. The Morgan fingerprint density at radius 1 is 1.50 bits per heavy atom. The fraction of sp³-hybridized carbons (Fsp3) is 0.875. The zero-order chi connectivity index (χ0) is 11.2. The molecule has 0 rings (SSSR count). The van der Waals surface area contributed by atoms with E-state index in [1.807, 2.05) is 6.92 Å². The van der Waals surface area contributed by atoms with Gasteiger partial charge < -0.3 is 11.1 Å². The quantitative estimate of drug-likeness (QED) is 0.620. The minimum atomic E-state index is -3.00. The number of hydrogen-bond acceptors (Lipinski definition) is 4. The summed E-state index contributed by atoms with van der Waals surface area (Å²) in [6.45, 7) is 2.06. The second kappa shape index (κ2) is 5.98. The molecule has 0 bridgehead atoms. The van der Waals surface area contributed by atoms with Crippen molar-refractivity contribution in [3.63, 3.8) is 0 Å². The van der Waals surface area contributed by atoms with Crippen molar-refractivity contribution in [2.24, 2.45) is 5.73 Å². The fourth-order valence-corrected chi connectivity index (χ4v) is 1.30. The average molecular weight is 222 g/mol. The molecule has 0 aliphatic rings. The Balaban J connectivity index is 3.65. The summed E-state index contributed by atoms with van der Waals surface area (Å²) in [5.74, 6) is -0.219. The fourth-order valence-electron chi connectivity index (χ4n) is 0.830. The first kappa shape index (κ1) is 13.4. The minimum absolute atomic E-state index is 0.0277. The van der Waals surface area contributed by atoms with E-state index < -0.39 is 9.84 Å². The largest absolute Gasteiger partial charge is 0.355 e. The van der Waals surface area contributed by atoms with Crippen molar-refractivity contribution in [1.82, 2.24) is 5.32 Å². The monoisotopic (exact) mass is 222 g/mol. The van der Waals surface area contributed by atoms with Crippen molar-refractivity contribution < 1.29 is 13.2 Å². The molecule has 0 radical (unpaired) electrons. The van der Waals surface area contributed by atoms with Crippen LogP contribution in [0.4, 0.5) is 0 Å². The topological polar surface area (TPSA) is 89.3 Å². The van der Waals surface area contributed by atoms with Gasteiger partial charge in [0.1, 0.15) is 9.84 Å². The van der Waals surface area contributed by atoms with Crippen molar-refractivity contribution in [1.29, 1.82) is 0 Å². The van der Waals surface area contributed by atoms with Crippen LogP contribution in [0.25, 0.3) is 0 Å². The second-order valence-electron chi connectivity index (χ2n) is 3.35. The van der Waals surface area contributed by atoms with Crippen molar-refractivity contribution in [2.75, 3.05) is 18.6 Å². The van der Waals surface area contributed by atoms with Crippen molar-refractivity contribution in [3.05, 3.63) is 0 Å². The number of nitrogens with one attached hydrogen (secondary N) is 1. The third kappa shape index (κ3) is 8.00. The van der Waals surface area contributed by atoms with E-state index in [1.54, 1.807) is 0 Å². The molecule has 0 aromatic rings. The van der Waals surface area contributed by atoms with Crippen LogP contribution in [0.2, 0.25) is 0 Å². The summed E-state index contributed by atoms with van der Waals surface area (Å²) in [7, 11) is -3.00. The van der Waals surface area contributed by atoms with Gasteiger partial charge in [0, 0.05) is 25.3 Å². The lowest BCUT2D eigenvalue weighted by Crippen LogP contribution is -2.33. The molecule has 1 atom stereocenters. The van der Waals surface area contributed by atoms with Gasteiger partial charge in [0.05, 0.1) is 5.75 Å². The van der Waals surface area contributed by atoms with Crippen molar-refractivity contribution >= 4 is 15.7 Å². The maximum Gasteiger partial charge on any atom is 0.221 e. The molecule has 0 saturated heterocycles. The van der Waals surface area contributed by atoms with E-state index in [2.05, 4.69) is 5.32 Å². The molecular weight excluding hydrogens is 204 g/mol. The van der Waals surface area contributed by atoms with E-state index >= 15 is 0 Å². The second-order valence-corrected chi connectivity index (χ2v) is 5.61. The Kier molecular flexibility index (Phi) is 5.71. The zero-order valence-electron chi connectivity index (χ0n) is 8.62. The van der Waals surface area contributed by atoms with Crippen LogP contribution in [0.15, 0.2) is 0 Å². The summed E-state index contributed by atoms with van der Waals surface area (Å²) in [4.78, 5) is 11.1. The van der Waals surface area contributed by atoms with Crippen LogP contribution in [0.1, 0.15) is 19.8 Å². The number of sulfone groups is 1. The van der Waals surface area contributed by atoms with E-state index in [9.17, 15) is 13.2 Å². The average Bonchev–Trinajstić information content (AvgIpc) is 2.01. The third-order valence-electron chi connectivity index (χ3n) is 1.77. The van der Waals surface area contributed by atoms with Crippen LogP contribution < -0.4 is 11.1 Å². The lowest BCUT2D eigenvalue weighted by molar-refractivity contribution is -0.121. The molecule has 6 heteroatoms. The number of carbonyl (C=O) groups excluding carboxylic acids is 1. The van der Waals surface area contributed by atoms with Gasteiger partial charge in [-0.1, -0.05) is 6.92 Å². The van der Waals surface area contributed by atoms with E-state index in [4.69, 9.17) is 5.73 Å². The van der Waals surface area contributed by atoms with Crippen molar-refractivity contribution in [3.8, 4) is 0 Å². The van der Waals surface area contributed by atoms with Crippen LogP contribution in [-0.2, 0) is 14.6 Å². The molecule has 0 heterocycles. The first-order valence-electron chi connectivity index (χ1n) is 4.55. The van der Waals surface area contributed by atoms with E-state index in [-0.39, 0.29) is 30.7 Å². The van der Waals surface area contributed by atoms with Gasteiger partial charge in [-0.15, -0.1) is 0 Å². The Labute approximate surface area is 85.0 Å². The number of carbonyl (C=O) groups is 1. The number of rotatable bonds is 6. The van der Waals surface area contributed by atoms with Gasteiger partial charge in [0.15, 0.2) is 0 Å².